The standard InChI is InChI=1S/C11H13ClN4O2/c1-6-10(12)7(2)16(15-6)5-9-8(3-4-18-9)11(17)14-13/h3-4H,5,13H2,1-2H3,(H,14,17). The number of furan rings is 1. The Kier molecular flexibility index (Phi) is 3.40. The number of nitrogens with one attached hydrogen (secondary N) is 1. The van der Waals surface area contributed by atoms with E-state index in [4.69, 9.17) is 21.9 Å². The molecule has 7 heteroatoms. The first-order valence-electron chi connectivity index (χ1n) is 5.31. The summed E-state index contributed by atoms with van der Waals surface area (Å²) in [5.74, 6) is 5.19. The Morgan fingerprint density at radius 2 is 2.33 bits per heavy atom. The number of nitrogens with zero attached hydrogens (tertiary/aromatic N) is 2. The van der Waals surface area contributed by atoms with Crippen molar-refractivity contribution in [3.05, 3.63) is 40.1 Å². The molecular weight excluding hydrogens is 256 g/mol. The number of nitrogens with two attached hydrogens (primary N) is 1. The molecule has 0 aliphatic carbocycles. The molecule has 0 atom stereocenters. The van der Waals surface area contributed by atoms with Crippen LogP contribution in [0.15, 0.2) is 16.7 Å². The molecule has 2 aromatic heterocycles. The largest absolute Gasteiger partial charge is 0.467 e. The highest BCUT2D eigenvalue weighted by Gasteiger charge is 2.16. The van der Waals surface area contributed by atoms with Crippen molar-refractivity contribution in [1.29, 1.82) is 0 Å². The van der Waals surface area contributed by atoms with Crippen molar-refractivity contribution in [2.75, 3.05) is 0 Å². The van der Waals surface area contributed by atoms with Crippen LogP contribution in [0.2, 0.25) is 5.02 Å². The topological polar surface area (TPSA) is 86.1 Å². The lowest BCUT2D eigenvalue weighted by molar-refractivity contribution is 0.0951. The number of rotatable bonds is 3. The van der Waals surface area contributed by atoms with Crippen LogP contribution in [0, 0.1) is 13.8 Å². The molecule has 18 heavy (non-hydrogen) atoms. The van der Waals surface area contributed by atoms with Crippen LogP contribution in [0.1, 0.15) is 27.5 Å². The van der Waals surface area contributed by atoms with Crippen molar-refractivity contribution in [3.63, 3.8) is 0 Å². The van der Waals surface area contributed by atoms with Crippen molar-refractivity contribution in [2.45, 2.75) is 20.4 Å². The predicted octanol–water partition coefficient (Wildman–Crippen LogP) is 1.40. The molecular formula is C11H13ClN4O2. The van der Waals surface area contributed by atoms with E-state index < -0.39 is 5.91 Å². The summed E-state index contributed by atoms with van der Waals surface area (Å²) in [5.41, 5.74) is 4.03. The third-order valence-corrected chi connectivity index (χ3v) is 3.25. The van der Waals surface area contributed by atoms with Gasteiger partial charge in [-0.15, -0.1) is 0 Å². The Balaban J connectivity index is 2.32. The number of halogens is 1. The number of hydrazine groups is 1. The zero-order valence-electron chi connectivity index (χ0n) is 10.0. The molecule has 0 fully saturated rings. The van der Waals surface area contributed by atoms with E-state index in [1.165, 1.54) is 6.26 Å². The van der Waals surface area contributed by atoms with E-state index in [-0.39, 0.29) is 0 Å². The second-order valence-electron chi connectivity index (χ2n) is 3.87. The molecule has 2 heterocycles. The number of aromatic nitrogens is 2. The minimum atomic E-state index is -0.397. The molecule has 0 bridgehead atoms. The van der Waals surface area contributed by atoms with E-state index in [2.05, 4.69) is 10.5 Å². The van der Waals surface area contributed by atoms with E-state index in [9.17, 15) is 4.79 Å². The quantitative estimate of drug-likeness (QED) is 0.500. The molecule has 0 saturated heterocycles. The second-order valence-corrected chi connectivity index (χ2v) is 4.25. The maximum absolute atomic E-state index is 11.5. The van der Waals surface area contributed by atoms with Gasteiger partial charge in [-0.1, -0.05) is 11.6 Å². The van der Waals surface area contributed by atoms with Crippen molar-refractivity contribution < 1.29 is 9.21 Å². The highest BCUT2D eigenvalue weighted by Crippen LogP contribution is 2.21. The monoisotopic (exact) mass is 268 g/mol. The highest BCUT2D eigenvalue weighted by molar-refractivity contribution is 6.31. The number of hydrogen-bond acceptors (Lipinski definition) is 4. The highest BCUT2D eigenvalue weighted by atomic mass is 35.5. The lowest BCUT2D eigenvalue weighted by atomic mass is 10.2. The van der Waals surface area contributed by atoms with Gasteiger partial charge in [-0.3, -0.25) is 14.9 Å². The number of aryl methyl sites for hydroxylation is 1. The first-order chi connectivity index (χ1) is 8.54. The van der Waals surface area contributed by atoms with Gasteiger partial charge < -0.3 is 4.42 Å². The van der Waals surface area contributed by atoms with E-state index in [0.29, 0.717) is 22.9 Å². The lowest BCUT2D eigenvalue weighted by Gasteiger charge is -2.04. The molecule has 0 saturated carbocycles. The van der Waals surface area contributed by atoms with Gasteiger partial charge in [0.25, 0.3) is 5.91 Å². The Morgan fingerprint density at radius 1 is 1.61 bits per heavy atom. The van der Waals surface area contributed by atoms with Crippen LogP contribution in [0.3, 0.4) is 0 Å². The average molecular weight is 269 g/mol. The van der Waals surface area contributed by atoms with Gasteiger partial charge in [-0.05, 0) is 19.9 Å². The van der Waals surface area contributed by atoms with E-state index in [1.54, 1.807) is 10.7 Å². The van der Waals surface area contributed by atoms with Crippen molar-refractivity contribution >= 4 is 17.5 Å². The maximum atomic E-state index is 11.5. The van der Waals surface area contributed by atoms with Gasteiger partial charge in [0, 0.05) is 0 Å². The Morgan fingerprint density at radius 3 is 2.89 bits per heavy atom. The van der Waals surface area contributed by atoms with Gasteiger partial charge >= 0.3 is 0 Å². The van der Waals surface area contributed by atoms with E-state index in [0.717, 1.165) is 11.4 Å². The predicted molar refractivity (Wildman–Crippen MR) is 66.2 cm³/mol. The SMILES string of the molecule is Cc1nn(Cc2occc2C(=O)NN)c(C)c1Cl. The summed E-state index contributed by atoms with van der Waals surface area (Å²) >= 11 is 6.05. The normalized spacial score (nSPS) is 10.7. The molecule has 6 nitrogen and oxygen atoms in total. The molecule has 0 aliphatic heterocycles. The van der Waals surface area contributed by atoms with Crippen LogP contribution < -0.4 is 11.3 Å². The zero-order chi connectivity index (χ0) is 13.3. The lowest BCUT2D eigenvalue weighted by Crippen LogP contribution is -2.30. The number of amides is 1. The van der Waals surface area contributed by atoms with Gasteiger partial charge in [0.05, 0.1) is 28.2 Å². The fourth-order valence-corrected chi connectivity index (χ4v) is 1.84. The number of hydrogen-bond donors (Lipinski definition) is 2. The maximum Gasteiger partial charge on any atom is 0.268 e. The molecule has 0 unspecified atom stereocenters. The van der Waals surface area contributed by atoms with Gasteiger partial charge in [0.1, 0.15) is 12.3 Å². The van der Waals surface area contributed by atoms with E-state index in [1.807, 2.05) is 13.8 Å². The molecule has 0 aromatic carbocycles. The van der Waals surface area contributed by atoms with Crippen LogP contribution in [-0.2, 0) is 6.54 Å². The van der Waals surface area contributed by atoms with Gasteiger partial charge in [-0.25, -0.2) is 5.84 Å². The summed E-state index contributed by atoms with van der Waals surface area (Å²) in [6, 6.07) is 1.56. The fourth-order valence-electron chi connectivity index (χ4n) is 1.71. The first kappa shape index (κ1) is 12.7. The van der Waals surface area contributed by atoms with Gasteiger partial charge in [0.2, 0.25) is 0 Å². The van der Waals surface area contributed by atoms with Crippen LogP contribution in [0.25, 0.3) is 0 Å². The molecule has 2 aromatic rings. The molecule has 0 spiro atoms. The number of nitrogen functional groups attached to an aromatic ring is 1. The first-order valence-corrected chi connectivity index (χ1v) is 5.69. The zero-order valence-corrected chi connectivity index (χ0v) is 10.8. The molecule has 2 rings (SSSR count). The van der Waals surface area contributed by atoms with Crippen molar-refractivity contribution in [1.82, 2.24) is 15.2 Å². The minimum absolute atomic E-state index is 0.329. The van der Waals surface area contributed by atoms with E-state index >= 15 is 0 Å². The van der Waals surface area contributed by atoms with Gasteiger partial charge in [-0.2, -0.15) is 5.10 Å². The number of carbonyl (C=O) groups excluding carboxylic acids is 1. The Hall–Kier alpha value is -1.79. The average Bonchev–Trinajstić information content (AvgIpc) is 2.91. The minimum Gasteiger partial charge on any atom is -0.467 e. The fraction of sp³-hybridized carbons (Fsp3) is 0.273. The van der Waals surface area contributed by atoms with Crippen molar-refractivity contribution in [3.8, 4) is 0 Å². The van der Waals surface area contributed by atoms with Crippen LogP contribution in [-0.4, -0.2) is 15.7 Å². The van der Waals surface area contributed by atoms with Crippen LogP contribution in [0.4, 0.5) is 0 Å². The molecule has 3 N–H and O–H groups in total. The van der Waals surface area contributed by atoms with Gasteiger partial charge in [0.15, 0.2) is 0 Å². The summed E-state index contributed by atoms with van der Waals surface area (Å²) in [6.45, 7) is 4.00. The Labute approximate surface area is 109 Å². The molecule has 96 valence electrons. The molecule has 0 radical (unpaired) electrons. The second kappa shape index (κ2) is 4.83. The summed E-state index contributed by atoms with van der Waals surface area (Å²) in [4.78, 5) is 11.5. The third kappa shape index (κ3) is 2.12. The number of carbonyl (C=O) groups is 1. The summed E-state index contributed by atoms with van der Waals surface area (Å²) < 4.78 is 6.96. The third-order valence-electron chi connectivity index (χ3n) is 2.71. The summed E-state index contributed by atoms with van der Waals surface area (Å²) in [5, 5.41) is 4.89. The van der Waals surface area contributed by atoms with Crippen LogP contribution >= 0.6 is 11.6 Å². The van der Waals surface area contributed by atoms with Crippen molar-refractivity contribution in [2.24, 2.45) is 5.84 Å². The smallest absolute Gasteiger partial charge is 0.268 e. The molecule has 1 amide bonds. The molecule has 0 aliphatic rings. The Bertz CT molecular complexity index is 588. The summed E-state index contributed by atoms with van der Waals surface area (Å²) in [7, 11) is 0. The summed E-state index contributed by atoms with van der Waals surface area (Å²) in [6.07, 6.45) is 1.44. The van der Waals surface area contributed by atoms with Crippen LogP contribution in [0.5, 0.6) is 0 Å².